The highest BCUT2D eigenvalue weighted by Gasteiger charge is 2.33. The van der Waals surface area contributed by atoms with Crippen LogP contribution in [0.4, 0.5) is 18.9 Å². The van der Waals surface area contributed by atoms with E-state index in [-0.39, 0.29) is 29.5 Å². The van der Waals surface area contributed by atoms with Crippen LogP contribution in [-0.4, -0.2) is 23.8 Å². The summed E-state index contributed by atoms with van der Waals surface area (Å²) in [7, 11) is 1.44. The molecule has 0 aliphatic carbocycles. The van der Waals surface area contributed by atoms with Crippen molar-refractivity contribution in [2.24, 2.45) is 5.92 Å². The Hall–Kier alpha value is -2.83. The summed E-state index contributed by atoms with van der Waals surface area (Å²) in [6.07, 6.45) is -4.48. The minimum absolute atomic E-state index is 0.0186. The van der Waals surface area contributed by atoms with Gasteiger partial charge >= 0.3 is 6.18 Å². The van der Waals surface area contributed by atoms with Gasteiger partial charge in [-0.15, -0.1) is 0 Å². The molecule has 0 fully saturated rings. The molecule has 0 heterocycles. The monoisotopic (exact) mass is 378 g/mol. The van der Waals surface area contributed by atoms with E-state index in [9.17, 15) is 22.8 Å². The third-order valence-electron chi connectivity index (χ3n) is 3.98. The summed E-state index contributed by atoms with van der Waals surface area (Å²) >= 11 is 0. The van der Waals surface area contributed by atoms with Gasteiger partial charge in [0.15, 0.2) is 0 Å². The van der Waals surface area contributed by atoms with E-state index in [1.807, 2.05) is 0 Å². The fourth-order valence-electron chi connectivity index (χ4n) is 2.50. The lowest BCUT2D eigenvalue weighted by Gasteiger charge is -2.20. The zero-order valence-electron chi connectivity index (χ0n) is 15.3. The largest absolute Gasteiger partial charge is 0.416 e. The van der Waals surface area contributed by atoms with Gasteiger partial charge in [-0.05, 0) is 29.8 Å². The maximum atomic E-state index is 13.1. The number of benzene rings is 2. The van der Waals surface area contributed by atoms with E-state index in [4.69, 9.17) is 0 Å². The number of carbonyl (C=O) groups is 2. The van der Waals surface area contributed by atoms with Gasteiger partial charge in [0.05, 0.1) is 5.56 Å². The fourth-order valence-corrected chi connectivity index (χ4v) is 2.50. The molecule has 0 aromatic heterocycles. The van der Waals surface area contributed by atoms with Crippen molar-refractivity contribution >= 4 is 17.5 Å². The molecule has 0 radical (unpaired) electrons. The van der Waals surface area contributed by atoms with Crippen LogP contribution in [0.5, 0.6) is 0 Å². The molecule has 1 N–H and O–H groups in total. The number of nitrogens with zero attached hydrogens (tertiary/aromatic N) is 1. The first-order chi connectivity index (χ1) is 12.6. The summed E-state index contributed by atoms with van der Waals surface area (Å²) < 4.78 is 39.4. The summed E-state index contributed by atoms with van der Waals surface area (Å²) in [6.45, 7) is 3.31. The molecule has 0 aliphatic heterocycles. The van der Waals surface area contributed by atoms with Gasteiger partial charge in [0, 0.05) is 30.8 Å². The van der Waals surface area contributed by atoms with E-state index in [2.05, 4.69) is 5.32 Å². The number of hydrogen-bond acceptors (Lipinski definition) is 2. The molecule has 0 aliphatic rings. The van der Waals surface area contributed by atoms with Gasteiger partial charge in [-0.3, -0.25) is 9.59 Å². The minimum atomic E-state index is -4.48. The van der Waals surface area contributed by atoms with Gasteiger partial charge in [0.1, 0.15) is 0 Å². The molecule has 144 valence electrons. The average molecular weight is 378 g/mol. The Labute approximate surface area is 156 Å². The lowest BCUT2D eigenvalue weighted by atomic mass is 10.1. The van der Waals surface area contributed by atoms with E-state index < -0.39 is 17.6 Å². The van der Waals surface area contributed by atoms with E-state index in [0.29, 0.717) is 5.69 Å². The third kappa shape index (κ3) is 5.32. The molecule has 0 saturated heterocycles. The van der Waals surface area contributed by atoms with Gasteiger partial charge in [0.25, 0.3) is 5.91 Å². The van der Waals surface area contributed by atoms with Crippen LogP contribution in [-0.2, 0) is 17.5 Å². The van der Waals surface area contributed by atoms with Crippen molar-refractivity contribution in [1.82, 2.24) is 4.90 Å². The lowest BCUT2D eigenvalue weighted by molar-refractivity contribution is -0.138. The molecule has 0 unspecified atom stereocenters. The SMILES string of the molecule is CC(C)C(=O)Nc1cccc(C(=O)N(C)Cc2ccccc2C(F)(F)F)c1. The van der Waals surface area contributed by atoms with Crippen LogP contribution in [0.2, 0.25) is 0 Å². The maximum absolute atomic E-state index is 13.1. The molecule has 0 saturated carbocycles. The third-order valence-corrected chi connectivity index (χ3v) is 3.98. The van der Waals surface area contributed by atoms with Crippen molar-refractivity contribution < 1.29 is 22.8 Å². The maximum Gasteiger partial charge on any atom is 0.416 e. The average Bonchev–Trinajstić information content (AvgIpc) is 2.60. The second-order valence-electron chi connectivity index (χ2n) is 6.54. The first kappa shape index (κ1) is 20.5. The van der Waals surface area contributed by atoms with Gasteiger partial charge in [-0.1, -0.05) is 38.1 Å². The van der Waals surface area contributed by atoms with Crippen molar-refractivity contribution in [3.63, 3.8) is 0 Å². The minimum Gasteiger partial charge on any atom is -0.337 e. The fraction of sp³-hybridized carbons (Fsp3) is 0.300. The molecule has 2 amide bonds. The molecule has 0 atom stereocenters. The molecule has 0 spiro atoms. The Morgan fingerprint density at radius 3 is 2.37 bits per heavy atom. The van der Waals surface area contributed by atoms with Crippen molar-refractivity contribution in [3.8, 4) is 0 Å². The Kier molecular flexibility index (Phi) is 6.25. The number of anilines is 1. The van der Waals surface area contributed by atoms with Gasteiger partial charge in [-0.2, -0.15) is 13.2 Å². The van der Waals surface area contributed by atoms with Crippen molar-refractivity contribution in [2.45, 2.75) is 26.6 Å². The lowest BCUT2D eigenvalue weighted by Crippen LogP contribution is -2.27. The van der Waals surface area contributed by atoms with Crippen LogP contribution in [0, 0.1) is 5.92 Å². The molecule has 4 nitrogen and oxygen atoms in total. The first-order valence-corrected chi connectivity index (χ1v) is 8.41. The summed E-state index contributed by atoms with van der Waals surface area (Å²) in [5, 5.41) is 2.70. The molecule has 2 aromatic carbocycles. The Bertz CT molecular complexity index is 832. The standard InChI is InChI=1S/C20H21F3N2O2/c1-13(2)18(26)24-16-9-6-8-14(11-16)19(27)25(3)12-15-7-4-5-10-17(15)20(21,22)23/h4-11,13H,12H2,1-3H3,(H,24,26). The summed E-state index contributed by atoms with van der Waals surface area (Å²) in [5.41, 5.74) is -0.0000924. The molecule has 7 heteroatoms. The second kappa shape index (κ2) is 8.24. The van der Waals surface area contributed by atoms with E-state index >= 15 is 0 Å². The van der Waals surface area contributed by atoms with Crippen molar-refractivity contribution in [1.29, 1.82) is 0 Å². The zero-order valence-corrected chi connectivity index (χ0v) is 15.3. The van der Waals surface area contributed by atoms with Crippen LogP contribution in [0.1, 0.15) is 35.3 Å². The molecule has 27 heavy (non-hydrogen) atoms. The quantitative estimate of drug-likeness (QED) is 0.828. The highest BCUT2D eigenvalue weighted by Crippen LogP contribution is 2.32. The van der Waals surface area contributed by atoms with Crippen LogP contribution in [0.25, 0.3) is 0 Å². The number of carbonyl (C=O) groups excluding carboxylic acids is 2. The Morgan fingerprint density at radius 2 is 1.74 bits per heavy atom. The smallest absolute Gasteiger partial charge is 0.337 e. The topological polar surface area (TPSA) is 49.4 Å². The summed E-state index contributed by atoms with van der Waals surface area (Å²) in [4.78, 5) is 25.6. The van der Waals surface area contributed by atoms with Gasteiger partial charge in [0.2, 0.25) is 5.91 Å². The number of halogens is 3. The number of nitrogens with one attached hydrogen (secondary N) is 1. The molecule has 2 aromatic rings. The van der Waals surface area contributed by atoms with E-state index in [1.54, 1.807) is 32.0 Å². The van der Waals surface area contributed by atoms with Crippen LogP contribution in [0.15, 0.2) is 48.5 Å². The highest BCUT2D eigenvalue weighted by molar-refractivity contribution is 5.97. The number of hydrogen-bond donors (Lipinski definition) is 1. The van der Waals surface area contributed by atoms with Crippen LogP contribution in [0.3, 0.4) is 0 Å². The highest BCUT2D eigenvalue weighted by atomic mass is 19.4. The second-order valence-corrected chi connectivity index (χ2v) is 6.54. The number of amides is 2. The van der Waals surface area contributed by atoms with Crippen molar-refractivity contribution in [3.05, 3.63) is 65.2 Å². The predicted octanol–water partition coefficient (Wildman–Crippen LogP) is 4.57. The number of alkyl halides is 3. The van der Waals surface area contributed by atoms with E-state index in [0.717, 1.165) is 6.07 Å². The van der Waals surface area contributed by atoms with Crippen molar-refractivity contribution in [2.75, 3.05) is 12.4 Å². The van der Waals surface area contributed by atoms with Crippen LogP contribution < -0.4 is 5.32 Å². The summed E-state index contributed by atoms with van der Waals surface area (Å²) in [6, 6.07) is 11.5. The Balaban J connectivity index is 2.18. The predicted molar refractivity (Wildman–Crippen MR) is 97.2 cm³/mol. The zero-order chi connectivity index (χ0) is 20.2. The number of rotatable bonds is 5. The first-order valence-electron chi connectivity index (χ1n) is 8.41. The van der Waals surface area contributed by atoms with Gasteiger partial charge < -0.3 is 10.2 Å². The molecular weight excluding hydrogens is 357 g/mol. The molecule has 0 bridgehead atoms. The molecule has 2 rings (SSSR count). The molecular formula is C20H21F3N2O2. The summed E-state index contributed by atoms with van der Waals surface area (Å²) in [5.74, 6) is -0.842. The van der Waals surface area contributed by atoms with Crippen LogP contribution >= 0.6 is 0 Å². The van der Waals surface area contributed by atoms with Gasteiger partial charge in [-0.25, -0.2) is 0 Å². The Morgan fingerprint density at radius 1 is 1.07 bits per heavy atom. The normalized spacial score (nSPS) is 11.4. The van der Waals surface area contributed by atoms with E-state index in [1.165, 1.54) is 36.2 Å².